The number of aromatic nitrogens is 4. The maximum Gasteiger partial charge on any atom is 0.227 e. The lowest BCUT2D eigenvalue weighted by molar-refractivity contribution is -0.120. The number of nitrogens with one attached hydrogen (secondary N) is 2. The number of fused-ring (bicyclic) bond motifs is 2. The Morgan fingerprint density at radius 1 is 1.21 bits per heavy atom. The average Bonchev–Trinajstić information content (AvgIpc) is 3.58. The van der Waals surface area contributed by atoms with Gasteiger partial charge in [0.05, 0.1) is 22.7 Å². The normalized spacial score (nSPS) is 14.8. The molecule has 2 N–H and O–H groups in total. The minimum absolute atomic E-state index is 0.0324. The van der Waals surface area contributed by atoms with E-state index >= 15 is 0 Å². The third kappa shape index (κ3) is 3.62. The van der Waals surface area contributed by atoms with E-state index in [1.807, 2.05) is 30.3 Å². The Bertz CT molecular complexity index is 1490. The van der Waals surface area contributed by atoms with Crippen molar-refractivity contribution >= 4 is 50.0 Å². The summed E-state index contributed by atoms with van der Waals surface area (Å²) in [6.45, 7) is 5.85. The van der Waals surface area contributed by atoms with Gasteiger partial charge in [0.1, 0.15) is 17.0 Å². The number of imidazole rings is 1. The van der Waals surface area contributed by atoms with Gasteiger partial charge in [0.15, 0.2) is 11.6 Å². The second kappa shape index (κ2) is 8.25. The molecule has 34 heavy (non-hydrogen) atoms. The van der Waals surface area contributed by atoms with Gasteiger partial charge in [0, 0.05) is 29.6 Å². The Kier molecular flexibility index (Phi) is 5.06. The predicted octanol–water partition coefficient (Wildman–Crippen LogP) is 5.30. The van der Waals surface area contributed by atoms with E-state index in [1.165, 1.54) is 10.4 Å². The number of anilines is 2. The summed E-state index contributed by atoms with van der Waals surface area (Å²) in [6.07, 6.45) is 4.84. The van der Waals surface area contributed by atoms with Gasteiger partial charge < -0.3 is 19.6 Å². The first kappa shape index (κ1) is 20.9. The van der Waals surface area contributed by atoms with Crippen LogP contribution in [-0.2, 0) is 4.79 Å². The number of piperidine rings is 1. The number of carbonyl (C=O) groups excluding carboxylic acids is 1. The summed E-state index contributed by atoms with van der Waals surface area (Å²) in [4.78, 5) is 34.5. The zero-order valence-corrected chi connectivity index (χ0v) is 19.8. The number of carbonyl (C=O) groups is 1. The van der Waals surface area contributed by atoms with E-state index in [1.54, 1.807) is 23.9 Å². The maximum atomic E-state index is 13.0. The second-order valence-corrected chi connectivity index (χ2v) is 9.91. The SMILES string of the molecule is Cc1sc2ncnc(N3CCC(C(=O)Nc4ccc5nc(-c6ccco6)[nH]c5c4)CC3)c2c1C. The van der Waals surface area contributed by atoms with Crippen molar-refractivity contribution in [3.8, 4) is 11.6 Å². The molecular weight excluding hydrogens is 448 g/mol. The Balaban J connectivity index is 1.14. The number of aryl methyl sites for hydroxylation is 2. The fourth-order valence-corrected chi connectivity index (χ4v) is 5.61. The van der Waals surface area contributed by atoms with Gasteiger partial charge in [0.25, 0.3) is 0 Å². The van der Waals surface area contributed by atoms with Crippen LogP contribution >= 0.6 is 11.3 Å². The van der Waals surface area contributed by atoms with Crippen molar-refractivity contribution in [2.45, 2.75) is 26.7 Å². The van der Waals surface area contributed by atoms with Crippen molar-refractivity contribution < 1.29 is 9.21 Å². The van der Waals surface area contributed by atoms with Gasteiger partial charge in [0.2, 0.25) is 5.91 Å². The molecule has 0 atom stereocenters. The van der Waals surface area contributed by atoms with Crippen molar-refractivity contribution in [3.05, 3.63) is 53.4 Å². The van der Waals surface area contributed by atoms with Crippen LogP contribution in [0.2, 0.25) is 0 Å². The molecule has 0 bridgehead atoms. The van der Waals surface area contributed by atoms with Crippen LogP contribution in [0.25, 0.3) is 32.8 Å². The highest BCUT2D eigenvalue weighted by Gasteiger charge is 2.27. The van der Waals surface area contributed by atoms with Gasteiger partial charge in [-0.3, -0.25) is 4.79 Å². The topological polar surface area (TPSA) is 99.9 Å². The van der Waals surface area contributed by atoms with Crippen LogP contribution in [-0.4, -0.2) is 38.9 Å². The minimum Gasteiger partial charge on any atom is -0.461 e. The van der Waals surface area contributed by atoms with E-state index in [-0.39, 0.29) is 11.8 Å². The molecule has 0 saturated carbocycles. The van der Waals surface area contributed by atoms with Crippen molar-refractivity contribution in [3.63, 3.8) is 0 Å². The lowest BCUT2D eigenvalue weighted by Crippen LogP contribution is -2.38. The molecule has 8 nitrogen and oxygen atoms in total. The number of nitrogens with zero attached hydrogens (tertiary/aromatic N) is 4. The highest BCUT2D eigenvalue weighted by Crippen LogP contribution is 2.35. The smallest absolute Gasteiger partial charge is 0.227 e. The third-order valence-corrected chi connectivity index (χ3v) is 7.73. The maximum absolute atomic E-state index is 13.0. The average molecular weight is 473 g/mol. The van der Waals surface area contributed by atoms with Gasteiger partial charge >= 0.3 is 0 Å². The zero-order valence-electron chi connectivity index (χ0n) is 19.0. The molecule has 1 fully saturated rings. The summed E-state index contributed by atoms with van der Waals surface area (Å²) in [7, 11) is 0. The number of thiophene rings is 1. The Labute approximate surface area is 200 Å². The largest absolute Gasteiger partial charge is 0.461 e. The number of H-pyrrole nitrogens is 1. The van der Waals surface area contributed by atoms with E-state index in [9.17, 15) is 4.79 Å². The number of aromatic amines is 1. The minimum atomic E-state index is -0.0324. The van der Waals surface area contributed by atoms with E-state index in [4.69, 9.17) is 4.42 Å². The molecule has 0 unspecified atom stereocenters. The van der Waals surface area contributed by atoms with Crippen molar-refractivity contribution in [2.24, 2.45) is 5.92 Å². The van der Waals surface area contributed by atoms with Crippen LogP contribution < -0.4 is 10.2 Å². The number of furan rings is 1. The van der Waals surface area contributed by atoms with Gasteiger partial charge in [-0.2, -0.15) is 0 Å². The molecule has 1 aliphatic heterocycles. The number of hydrogen-bond donors (Lipinski definition) is 2. The Morgan fingerprint density at radius 2 is 2.06 bits per heavy atom. The molecule has 0 aliphatic carbocycles. The molecule has 1 aromatic carbocycles. The first-order valence-electron chi connectivity index (χ1n) is 11.4. The van der Waals surface area contributed by atoms with E-state index in [0.717, 1.165) is 58.7 Å². The summed E-state index contributed by atoms with van der Waals surface area (Å²) in [5.41, 5.74) is 3.69. The number of rotatable bonds is 4. The van der Waals surface area contributed by atoms with Crippen molar-refractivity contribution in [1.82, 2.24) is 19.9 Å². The molecule has 5 aromatic rings. The first-order chi connectivity index (χ1) is 16.6. The Morgan fingerprint density at radius 3 is 2.85 bits per heavy atom. The fourth-order valence-electron chi connectivity index (χ4n) is 4.62. The lowest BCUT2D eigenvalue weighted by atomic mass is 9.95. The molecule has 1 amide bonds. The van der Waals surface area contributed by atoms with Crippen LogP contribution in [0.15, 0.2) is 47.3 Å². The number of benzene rings is 1. The first-order valence-corrected chi connectivity index (χ1v) is 12.2. The van der Waals surface area contributed by atoms with Gasteiger partial charge in [-0.25, -0.2) is 15.0 Å². The highest BCUT2D eigenvalue weighted by atomic mass is 32.1. The molecule has 1 saturated heterocycles. The summed E-state index contributed by atoms with van der Waals surface area (Å²) in [6, 6.07) is 9.40. The molecule has 0 radical (unpaired) electrons. The molecule has 6 rings (SSSR count). The number of amides is 1. The summed E-state index contributed by atoms with van der Waals surface area (Å²) in [5, 5.41) is 4.24. The molecule has 172 valence electrons. The predicted molar refractivity (Wildman–Crippen MR) is 134 cm³/mol. The highest BCUT2D eigenvalue weighted by molar-refractivity contribution is 7.18. The van der Waals surface area contributed by atoms with E-state index in [0.29, 0.717) is 11.6 Å². The van der Waals surface area contributed by atoms with Crippen molar-refractivity contribution in [2.75, 3.05) is 23.3 Å². The van der Waals surface area contributed by atoms with Crippen LogP contribution in [0.3, 0.4) is 0 Å². The summed E-state index contributed by atoms with van der Waals surface area (Å²) >= 11 is 1.71. The molecule has 9 heteroatoms. The van der Waals surface area contributed by atoms with Crippen molar-refractivity contribution in [1.29, 1.82) is 0 Å². The van der Waals surface area contributed by atoms with Gasteiger partial charge in [-0.15, -0.1) is 11.3 Å². The molecule has 4 aromatic heterocycles. The van der Waals surface area contributed by atoms with Crippen LogP contribution in [0, 0.1) is 19.8 Å². The van der Waals surface area contributed by atoms with E-state index in [2.05, 4.69) is 44.0 Å². The van der Waals surface area contributed by atoms with Crippen LogP contribution in [0.1, 0.15) is 23.3 Å². The van der Waals surface area contributed by atoms with Gasteiger partial charge in [-0.05, 0) is 62.6 Å². The summed E-state index contributed by atoms with van der Waals surface area (Å²) < 4.78 is 5.42. The zero-order chi connectivity index (χ0) is 23.2. The molecule has 1 aliphatic rings. The van der Waals surface area contributed by atoms with Crippen LogP contribution in [0.4, 0.5) is 11.5 Å². The molecular formula is C25H24N6O2S. The molecule has 5 heterocycles. The summed E-state index contributed by atoms with van der Waals surface area (Å²) in [5.74, 6) is 2.37. The molecule has 0 spiro atoms. The number of hydrogen-bond acceptors (Lipinski definition) is 7. The standard InChI is InChI=1S/C25H24N6O2S/c1-14-15(2)34-25-21(14)23(26-13-27-25)31-9-7-16(8-10-31)24(32)28-17-5-6-18-19(12-17)30-22(29-18)20-4-3-11-33-20/h3-6,11-13,16H,7-10H2,1-2H3,(H,28,32)(H,29,30). The van der Waals surface area contributed by atoms with Crippen LogP contribution in [0.5, 0.6) is 0 Å². The fraction of sp³-hybridized carbons (Fsp3) is 0.280. The van der Waals surface area contributed by atoms with Gasteiger partial charge in [-0.1, -0.05) is 0 Å². The Hall–Kier alpha value is -3.72. The monoisotopic (exact) mass is 472 g/mol. The second-order valence-electron chi connectivity index (χ2n) is 8.71. The lowest BCUT2D eigenvalue weighted by Gasteiger charge is -2.32. The quantitative estimate of drug-likeness (QED) is 0.368. The van der Waals surface area contributed by atoms with E-state index < -0.39 is 0 Å². The third-order valence-electron chi connectivity index (χ3n) is 6.61.